The predicted molar refractivity (Wildman–Crippen MR) is 75.0 cm³/mol. The number of Topliss-reactive ketones (excluding diaryl/α,β-unsaturated/α-hetero) is 1. The van der Waals surface area contributed by atoms with Crippen molar-refractivity contribution in [1.82, 2.24) is 0 Å². The lowest BCUT2D eigenvalue weighted by atomic mass is 9.97. The van der Waals surface area contributed by atoms with Gasteiger partial charge in [0.1, 0.15) is 5.60 Å². The fourth-order valence-corrected chi connectivity index (χ4v) is 1.80. The highest BCUT2D eigenvalue weighted by atomic mass is 16.6. The Morgan fingerprint density at radius 3 is 2.21 bits per heavy atom. The van der Waals surface area contributed by atoms with Crippen molar-refractivity contribution in [2.45, 2.75) is 46.1 Å². The maximum absolute atomic E-state index is 12.0. The van der Waals surface area contributed by atoms with Crippen molar-refractivity contribution in [3.05, 3.63) is 35.9 Å². The summed E-state index contributed by atoms with van der Waals surface area (Å²) in [5.74, 6) is -0.194. The van der Waals surface area contributed by atoms with E-state index in [-0.39, 0.29) is 24.1 Å². The van der Waals surface area contributed by atoms with E-state index >= 15 is 0 Å². The second-order valence-electron chi connectivity index (χ2n) is 5.89. The molecule has 0 aliphatic carbocycles. The van der Waals surface area contributed by atoms with E-state index in [0.29, 0.717) is 12.0 Å². The number of esters is 1. The largest absolute Gasteiger partial charge is 0.460 e. The summed E-state index contributed by atoms with van der Waals surface area (Å²) in [4.78, 5) is 23.6. The second kappa shape index (κ2) is 6.50. The second-order valence-corrected chi connectivity index (χ2v) is 5.89. The van der Waals surface area contributed by atoms with Crippen LogP contribution in [0.25, 0.3) is 0 Å². The molecule has 19 heavy (non-hydrogen) atoms. The molecule has 0 saturated heterocycles. The van der Waals surface area contributed by atoms with Gasteiger partial charge in [-0.05, 0) is 26.7 Å². The monoisotopic (exact) mass is 262 g/mol. The molecule has 104 valence electrons. The first-order chi connectivity index (χ1) is 8.78. The summed E-state index contributed by atoms with van der Waals surface area (Å²) in [7, 11) is 0. The smallest absolute Gasteiger partial charge is 0.306 e. The molecule has 1 rings (SSSR count). The van der Waals surface area contributed by atoms with Crippen molar-refractivity contribution in [3.8, 4) is 0 Å². The van der Waals surface area contributed by atoms with Gasteiger partial charge in [-0.2, -0.15) is 0 Å². The van der Waals surface area contributed by atoms with Gasteiger partial charge in [-0.15, -0.1) is 0 Å². The first-order valence-electron chi connectivity index (χ1n) is 6.58. The molecule has 3 heteroatoms. The Kier molecular flexibility index (Phi) is 5.28. The number of rotatable bonds is 5. The van der Waals surface area contributed by atoms with Gasteiger partial charge < -0.3 is 4.74 Å². The average Bonchev–Trinajstić information content (AvgIpc) is 2.27. The topological polar surface area (TPSA) is 43.4 Å². The molecule has 1 aromatic carbocycles. The first kappa shape index (κ1) is 15.4. The maximum Gasteiger partial charge on any atom is 0.306 e. The molecule has 0 radical (unpaired) electrons. The summed E-state index contributed by atoms with van der Waals surface area (Å²) in [5.41, 5.74) is 0.221. The highest BCUT2D eigenvalue weighted by Gasteiger charge is 2.20. The Balaban J connectivity index is 2.45. The Morgan fingerprint density at radius 2 is 1.68 bits per heavy atom. The lowest BCUT2D eigenvalue weighted by molar-refractivity contribution is -0.155. The summed E-state index contributed by atoms with van der Waals surface area (Å²) in [6.45, 7) is 7.41. The molecule has 0 heterocycles. The summed E-state index contributed by atoms with van der Waals surface area (Å²) in [5, 5.41) is 0. The molecule has 0 bridgehead atoms. The fraction of sp³-hybridized carbons (Fsp3) is 0.500. The summed E-state index contributed by atoms with van der Waals surface area (Å²) in [6.07, 6.45) is 0.638. The van der Waals surface area contributed by atoms with Gasteiger partial charge in [-0.3, -0.25) is 9.59 Å². The number of hydrogen-bond acceptors (Lipinski definition) is 3. The van der Waals surface area contributed by atoms with Gasteiger partial charge in [0.2, 0.25) is 0 Å². The van der Waals surface area contributed by atoms with Crippen LogP contribution in [0.2, 0.25) is 0 Å². The van der Waals surface area contributed by atoms with E-state index in [1.807, 2.05) is 45.9 Å². The standard InChI is InChI=1S/C16H22O3/c1-12(11-15(18)19-16(2,3)4)10-14(17)13-8-6-5-7-9-13/h5-9,12H,10-11H2,1-4H3/t12-/m1/s1. The van der Waals surface area contributed by atoms with Crippen LogP contribution in [0.5, 0.6) is 0 Å². The van der Waals surface area contributed by atoms with Gasteiger partial charge in [0.05, 0.1) is 0 Å². The fourth-order valence-electron chi connectivity index (χ4n) is 1.80. The molecule has 3 nitrogen and oxygen atoms in total. The number of ketones is 1. The molecule has 0 fully saturated rings. The Bertz CT molecular complexity index is 429. The molecular weight excluding hydrogens is 240 g/mol. The molecule has 1 aromatic rings. The summed E-state index contributed by atoms with van der Waals surface area (Å²) >= 11 is 0. The van der Waals surface area contributed by atoms with Crippen LogP contribution in [0.15, 0.2) is 30.3 Å². The molecule has 0 aliphatic heterocycles. The van der Waals surface area contributed by atoms with Gasteiger partial charge in [-0.25, -0.2) is 0 Å². The molecular formula is C16H22O3. The van der Waals surface area contributed by atoms with Crippen molar-refractivity contribution in [1.29, 1.82) is 0 Å². The molecule has 0 N–H and O–H groups in total. The van der Waals surface area contributed by atoms with Gasteiger partial charge in [0.15, 0.2) is 5.78 Å². The number of benzene rings is 1. The highest BCUT2D eigenvalue weighted by Crippen LogP contribution is 2.16. The van der Waals surface area contributed by atoms with Crippen molar-refractivity contribution in [2.24, 2.45) is 5.92 Å². The van der Waals surface area contributed by atoms with E-state index < -0.39 is 5.60 Å². The van der Waals surface area contributed by atoms with Crippen LogP contribution < -0.4 is 0 Å². The highest BCUT2D eigenvalue weighted by molar-refractivity contribution is 5.96. The molecule has 1 atom stereocenters. The van der Waals surface area contributed by atoms with E-state index in [2.05, 4.69) is 0 Å². The van der Waals surface area contributed by atoms with E-state index in [1.54, 1.807) is 12.1 Å². The van der Waals surface area contributed by atoms with Crippen LogP contribution in [0.3, 0.4) is 0 Å². The Labute approximate surface area is 115 Å². The van der Waals surface area contributed by atoms with Gasteiger partial charge >= 0.3 is 5.97 Å². The zero-order chi connectivity index (χ0) is 14.5. The van der Waals surface area contributed by atoms with Crippen molar-refractivity contribution in [3.63, 3.8) is 0 Å². The first-order valence-corrected chi connectivity index (χ1v) is 6.58. The van der Waals surface area contributed by atoms with Crippen molar-refractivity contribution < 1.29 is 14.3 Å². The molecule has 0 amide bonds. The number of carbonyl (C=O) groups is 2. The maximum atomic E-state index is 12.0. The van der Waals surface area contributed by atoms with Crippen LogP contribution in [0, 0.1) is 5.92 Å². The lowest BCUT2D eigenvalue weighted by Crippen LogP contribution is -2.25. The van der Waals surface area contributed by atoms with Crippen LogP contribution in [0.1, 0.15) is 50.9 Å². The Hall–Kier alpha value is -1.64. The zero-order valence-corrected chi connectivity index (χ0v) is 12.1. The van der Waals surface area contributed by atoms with Crippen molar-refractivity contribution >= 4 is 11.8 Å². The minimum atomic E-state index is -0.472. The van der Waals surface area contributed by atoms with Gasteiger partial charge in [0.25, 0.3) is 0 Å². The van der Waals surface area contributed by atoms with E-state index in [9.17, 15) is 9.59 Å². The molecule has 0 aromatic heterocycles. The van der Waals surface area contributed by atoms with Crippen LogP contribution in [-0.2, 0) is 9.53 Å². The van der Waals surface area contributed by atoms with Crippen LogP contribution >= 0.6 is 0 Å². The third kappa shape index (κ3) is 6.18. The third-order valence-electron chi connectivity index (χ3n) is 2.56. The van der Waals surface area contributed by atoms with Crippen molar-refractivity contribution in [2.75, 3.05) is 0 Å². The molecule has 0 unspecified atom stereocenters. The quantitative estimate of drug-likeness (QED) is 0.601. The normalized spacial score (nSPS) is 12.8. The average molecular weight is 262 g/mol. The molecule has 0 spiro atoms. The van der Waals surface area contributed by atoms with Crippen LogP contribution in [0.4, 0.5) is 0 Å². The lowest BCUT2D eigenvalue weighted by Gasteiger charge is -2.20. The summed E-state index contributed by atoms with van der Waals surface area (Å²) < 4.78 is 5.25. The van der Waals surface area contributed by atoms with E-state index in [4.69, 9.17) is 4.74 Å². The number of hydrogen-bond donors (Lipinski definition) is 0. The minimum absolute atomic E-state index is 0.0115. The minimum Gasteiger partial charge on any atom is -0.460 e. The summed E-state index contributed by atoms with van der Waals surface area (Å²) in [6, 6.07) is 9.14. The third-order valence-corrected chi connectivity index (χ3v) is 2.56. The SMILES string of the molecule is C[C@@H](CC(=O)OC(C)(C)C)CC(=O)c1ccccc1. The van der Waals surface area contributed by atoms with Crippen LogP contribution in [-0.4, -0.2) is 17.4 Å². The number of ether oxygens (including phenoxy) is 1. The number of carbonyl (C=O) groups excluding carboxylic acids is 2. The van der Waals surface area contributed by atoms with E-state index in [1.165, 1.54) is 0 Å². The van der Waals surface area contributed by atoms with Gasteiger partial charge in [-0.1, -0.05) is 37.3 Å². The molecule has 0 aliphatic rings. The van der Waals surface area contributed by atoms with Gasteiger partial charge in [0, 0.05) is 18.4 Å². The predicted octanol–water partition coefficient (Wildman–Crippen LogP) is 3.63. The van der Waals surface area contributed by atoms with E-state index in [0.717, 1.165) is 0 Å². The zero-order valence-electron chi connectivity index (χ0n) is 12.1. The Morgan fingerprint density at radius 1 is 1.11 bits per heavy atom. The molecule has 0 saturated carbocycles.